The van der Waals surface area contributed by atoms with E-state index in [2.05, 4.69) is 5.92 Å². The molecule has 94 valence electrons. The number of aryl methyl sites for hydroxylation is 1. The summed E-state index contributed by atoms with van der Waals surface area (Å²) < 4.78 is 27.1. The first-order valence-corrected chi connectivity index (χ1v) is 6.05. The van der Waals surface area contributed by atoms with Crippen molar-refractivity contribution in [2.24, 2.45) is 0 Å². The van der Waals surface area contributed by atoms with E-state index in [0.717, 1.165) is 5.56 Å². The molecule has 0 aliphatic heterocycles. The summed E-state index contributed by atoms with van der Waals surface area (Å²) in [7, 11) is 0. The highest BCUT2D eigenvalue weighted by Gasteiger charge is 2.11. The summed E-state index contributed by atoms with van der Waals surface area (Å²) in [6.45, 7) is 5.93. The van der Waals surface area contributed by atoms with Crippen molar-refractivity contribution in [3.63, 3.8) is 0 Å². The Kier molecular flexibility index (Phi) is 4.85. The minimum atomic E-state index is -0.477. The van der Waals surface area contributed by atoms with Crippen LogP contribution in [0.15, 0.2) is 24.3 Å². The molecule has 0 atom stereocenters. The molecule has 2 rings (SSSR count). The maximum absolute atomic E-state index is 13.6. The van der Waals surface area contributed by atoms with Crippen LogP contribution in [0.4, 0.5) is 8.78 Å². The summed E-state index contributed by atoms with van der Waals surface area (Å²) in [5, 5.41) is 0.902. The molecule has 0 fully saturated rings. The topological polar surface area (TPSA) is 0 Å². The summed E-state index contributed by atoms with van der Waals surface area (Å²) in [6, 6.07) is 5.68. The van der Waals surface area contributed by atoms with Crippen molar-refractivity contribution in [3.05, 3.63) is 47.0 Å². The molecule has 2 aromatic rings. The molecular formula is C16H16F2. The van der Waals surface area contributed by atoms with E-state index >= 15 is 0 Å². The molecule has 0 unspecified atom stereocenters. The van der Waals surface area contributed by atoms with Gasteiger partial charge < -0.3 is 0 Å². The molecular weight excluding hydrogens is 230 g/mol. The van der Waals surface area contributed by atoms with Crippen molar-refractivity contribution in [1.82, 2.24) is 0 Å². The summed E-state index contributed by atoms with van der Waals surface area (Å²) in [5.74, 6) is 1.45. The monoisotopic (exact) mass is 246 g/mol. The van der Waals surface area contributed by atoms with Gasteiger partial charge in [0.05, 0.1) is 5.56 Å². The second-order valence-electron chi connectivity index (χ2n) is 3.55. The SMILES string of the molecule is C#Cc1c(F)ccc2c(F)ccc(CC)c12.CC. The number of hydrogen-bond donors (Lipinski definition) is 0. The van der Waals surface area contributed by atoms with Gasteiger partial charge in [-0.05, 0) is 30.2 Å². The van der Waals surface area contributed by atoms with Crippen LogP contribution in [0.1, 0.15) is 31.9 Å². The Bertz CT molecular complexity index is 592. The summed E-state index contributed by atoms with van der Waals surface area (Å²) in [4.78, 5) is 0. The van der Waals surface area contributed by atoms with Gasteiger partial charge in [0.2, 0.25) is 0 Å². The van der Waals surface area contributed by atoms with E-state index in [0.29, 0.717) is 17.2 Å². The van der Waals surface area contributed by atoms with Crippen molar-refractivity contribution in [2.45, 2.75) is 27.2 Å². The molecule has 2 heteroatoms. The van der Waals surface area contributed by atoms with E-state index in [-0.39, 0.29) is 11.4 Å². The van der Waals surface area contributed by atoms with Crippen molar-refractivity contribution < 1.29 is 8.78 Å². The van der Waals surface area contributed by atoms with Gasteiger partial charge in [-0.3, -0.25) is 0 Å². The van der Waals surface area contributed by atoms with Crippen molar-refractivity contribution >= 4 is 10.8 Å². The zero-order valence-corrected chi connectivity index (χ0v) is 10.8. The first-order valence-electron chi connectivity index (χ1n) is 6.05. The van der Waals surface area contributed by atoms with E-state index in [4.69, 9.17) is 6.42 Å². The van der Waals surface area contributed by atoms with Gasteiger partial charge in [0.15, 0.2) is 0 Å². The van der Waals surface area contributed by atoms with Crippen LogP contribution in [0.3, 0.4) is 0 Å². The fourth-order valence-corrected chi connectivity index (χ4v) is 1.89. The molecule has 0 amide bonds. The number of terminal acetylenes is 1. The predicted octanol–water partition coefficient (Wildman–Crippen LogP) is 4.69. The van der Waals surface area contributed by atoms with E-state index < -0.39 is 5.82 Å². The lowest BCUT2D eigenvalue weighted by molar-refractivity contribution is 0.623. The van der Waals surface area contributed by atoms with Gasteiger partial charge in [0, 0.05) is 10.8 Å². The minimum Gasteiger partial charge on any atom is -0.206 e. The third-order valence-electron chi connectivity index (χ3n) is 2.69. The fourth-order valence-electron chi connectivity index (χ4n) is 1.89. The van der Waals surface area contributed by atoms with Crippen LogP contribution in [0.2, 0.25) is 0 Å². The highest BCUT2D eigenvalue weighted by molar-refractivity contribution is 5.91. The van der Waals surface area contributed by atoms with E-state index in [1.807, 2.05) is 20.8 Å². The molecule has 0 nitrogen and oxygen atoms in total. The molecule has 2 aromatic carbocycles. The maximum atomic E-state index is 13.6. The smallest absolute Gasteiger partial charge is 0.139 e. The second-order valence-corrected chi connectivity index (χ2v) is 3.55. The molecule has 0 aromatic heterocycles. The van der Waals surface area contributed by atoms with Gasteiger partial charge >= 0.3 is 0 Å². The number of rotatable bonds is 1. The average molecular weight is 246 g/mol. The number of halogens is 2. The van der Waals surface area contributed by atoms with Gasteiger partial charge in [0.25, 0.3) is 0 Å². The predicted molar refractivity (Wildman–Crippen MR) is 72.5 cm³/mol. The zero-order chi connectivity index (χ0) is 13.7. The van der Waals surface area contributed by atoms with Crippen LogP contribution >= 0.6 is 0 Å². The third kappa shape index (κ3) is 2.36. The van der Waals surface area contributed by atoms with Gasteiger partial charge in [-0.25, -0.2) is 8.78 Å². The number of benzene rings is 2. The lowest BCUT2D eigenvalue weighted by atomic mass is 9.97. The van der Waals surface area contributed by atoms with Crippen LogP contribution in [0, 0.1) is 24.0 Å². The lowest BCUT2D eigenvalue weighted by Crippen LogP contribution is -1.93. The highest BCUT2D eigenvalue weighted by Crippen LogP contribution is 2.27. The van der Waals surface area contributed by atoms with Gasteiger partial charge in [-0.2, -0.15) is 0 Å². The van der Waals surface area contributed by atoms with Crippen LogP contribution < -0.4 is 0 Å². The zero-order valence-electron chi connectivity index (χ0n) is 10.8. The molecule has 0 bridgehead atoms. The van der Waals surface area contributed by atoms with E-state index in [1.165, 1.54) is 18.2 Å². The highest BCUT2D eigenvalue weighted by atomic mass is 19.1. The number of hydrogen-bond acceptors (Lipinski definition) is 0. The largest absolute Gasteiger partial charge is 0.206 e. The normalized spacial score (nSPS) is 9.56. The molecule has 18 heavy (non-hydrogen) atoms. The Morgan fingerprint density at radius 2 is 1.67 bits per heavy atom. The quantitative estimate of drug-likeness (QED) is 0.640. The molecule has 0 spiro atoms. The van der Waals surface area contributed by atoms with Crippen LogP contribution in [-0.2, 0) is 6.42 Å². The van der Waals surface area contributed by atoms with Crippen molar-refractivity contribution in [3.8, 4) is 12.3 Å². The molecule has 0 saturated carbocycles. The molecule has 0 radical (unpaired) electrons. The molecule has 0 aliphatic carbocycles. The first-order chi connectivity index (χ1) is 8.69. The molecule has 0 saturated heterocycles. The second kappa shape index (κ2) is 6.16. The maximum Gasteiger partial charge on any atom is 0.139 e. The van der Waals surface area contributed by atoms with Crippen molar-refractivity contribution in [1.29, 1.82) is 0 Å². The fraction of sp³-hybridized carbons (Fsp3) is 0.250. The van der Waals surface area contributed by atoms with Crippen LogP contribution in [-0.4, -0.2) is 0 Å². The molecule has 0 N–H and O–H groups in total. The summed E-state index contributed by atoms with van der Waals surface area (Å²) >= 11 is 0. The molecule has 0 aliphatic rings. The van der Waals surface area contributed by atoms with Gasteiger partial charge in [-0.15, -0.1) is 6.42 Å². The van der Waals surface area contributed by atoms with Gasteiger partial charge in [-0.1, -0.05) is 32.8 Å². The summed E-state index contributed by atoms with van der Waals surface area (Å²) in [6.07, 6.45) is 5.97. The minimum absolute atomic E-state index is 0.147. The number of fused-ring (bicyclic) bond motifs is 1. The average Bonchev–Trinajstić information content (AvgIpc) is 2.41. The molecule has 0 heterocycles. The van der Waals surface area contributed by atoms with E-state index in [1.54, 1.807) is 6.07 Å². The Labute approximate surface area is 107 Å². The Morgan fingerprint density at radius 3 is 2.22 bits per heavy atom. The lowest BCUT2D eigenvalue weighted by Gasteiger charge is -2.08. The van der Waals surface area contributed by atoms with Crippen LogP contribution in [0.5, 0.6) is 0 Å². The van der Waals surface area contributed by atoms with Crippen LogP contribution in [0.25, 0.3) is 10.8 Å². The first kappa shape index (κ1) is 14.2. The Morgan fingerprint density at radius 1 is 1.06 bits per heavy atom. The Balaban J connectivity index is 0.000000771. The van der Waals surface area contributed by atoms with Gasteiger partial charge in [0.1, 0.15) is 11.6 Å². The Hall–Kier alpha value is -1.88. The third-order valence-corrected chi connectivity index (χ3v) is 2.69. The van der Waals surface area contributed by atoms with Crippen molar-refractivity contribution in [2.75, 3.05) is 0 Å². The summed E-state index contributed by atoms with van der Waals surface area (Å²) in [5.41, 5.74) is 1.01. The van der Waals surface area contributed by atoms with E-state index in [9.17, 15) is 8.78 Å². The standard InChI is InChI=1S/C14H10F2.C2H6/c1-3-9-5-7-13(16)11-6-8-12(15)10(4-2)14(9)11;1-2/h2,5-8H,3H2,1H3;1-2H3.